The van der Waals surface area contributed by atoms with Gasteiger partial charge in [-0.05, 0) is 11.1 Å². The molecular formula is C23H21N5O2. The van der Waals surface area contributed by atoms with Gasteiger partial charge in [-0.15, -0.1) is 0 Å². The van der Waals surface area contributed by atoms with Crippen LogP contribution < -0.4 is 5.56 Å². The smallest absolute Gasteiger partial charge is 0.272 e. The number of nitrogens with zero attached hydrogens (tertiary/aromatic N) is 2. The standard InChI is InChI=1S/C23H21N5O2/c29-20-13-19(25-26-20)23(30)28-12-11-18-17(14-28)22(27-24-18)21(15-7-3-1-4-8-15)16-9-5-2-6-10-16/h1-10,13,21H,11-12,14H2,(H,24,27)(H2,25,26,29). The average Bonchev–Trinajstić information content (AvgIpc) is 3.41. The Kier molecular flexibility index (Phi) is 4.55. The molecule has 0 atom stereocenters. The van der Waals surface area contributed by atoms with E-state index in [2.05, 4.69) is 39.6 Å². The minimum absolute atomic E-state index is 0.0329. The van der Waals surface area contributed by atoms with Crippen LogP contribution in [0.15, 0.2) is 71.5 Å². The molecule has 150 valence electrons. The number of fused-ring (bicyclic) bond motifs is 1. The number of hydrogen-bond donors (Lipinski definition) is 3. The number of aromatic nitrogens is 4. The molecule has 1 amide bonds. The minimum atomic E-state index is -0.312. The van der Waals surface area contributed by atoms with Crippen molar-refractivity contribution in [1.82, 2.24) is 25.3 Å². The van der Waals surface area contributed by atoms with E-state index in [4.69, 9.17) is 5.10 Å². The van der Waals surface area contributed by atoms with Crippen LogP contribution in [0.5, 0.6) is 0 Å². The third-order valence-electron chi connectivity index (χ3n) is 5.62. The van der Waals surface area contributed by atoms with E-state index in [1.54, 1.807) is 4.90 Å². The molecule has 0 unspecified atom stereocenters. The Labute approximate surface area is 172 Å². The van der Waals surface area contributed by atoms with Crippen molar-refractivity contribution in [2.45, 2.75) is 18.9 Å². The van der Waals surface area contributed by atoms with E-state index in [0.29, 0.717) is 19.5 Å². The second-order valence-electron chi connectivity index (χ2n) is 7.47. The highest BCUT2D eigenvalue weighted by molar-refractivity contribution is 5.92. The number of aromatic amines is 3. The highest BCUT2D eigenvalue weighted by Crippen LogP contribution is 2.35. The monoisotopic (exact) mass is 399 g/mol. The summed E-state index contributed by atoms with van der Waals surface area (Å²) in [4.78, 5) is 26.0. The van der Waals surface area contributed by atoms with Gasteiger partial charge in [0.25, 0.3) is 11.5 Å². The van der Waals surface area contributed by atoms with Crippen molar-refractivity contribution in [1.29, 1.82) is 0 Å². The van der Waals surface area contributed by atoms with Crippen molar-refractivity contribution in [2.75, 3.05) is 6.54 Å². The van der Waals surface area contributed by atoms with Crippen LogP contribution in [-0.4, -0.2) is 37.7 Å². The SMILES string of the molecule is O=C(c1cc(=O)[nH][nH]1)N1CCc2[nH]nc(C(c3ccccc3)c3ccccc3)c2C1. The summed E-state index contributed by atoms with van der Waals surface area (Å²) in [5.41, 5.74) is 5.30. The molecule has 5 rings (SSSR count). The molecule has 2 aromatic carbocycles. The molecule has 0 saturated carbocycles. The molecule has 0 aliphatic carbocycles. The lowest BCUT2D eigenvalue weighted by atomic mass is 9.85. The van der Waals surface area contributed by atoms with E-state index in [9.17, 15) is 9.59 Å². The van der Waals surface area contributed by atoms with Crippen LogP contribution >= 0.6 is 0 Å². The Bertz CT molecular complexity index is 1180. The molecular weight excluding hydrogens is 378 g/mol. The molecule has 3 heterocycles. The Hall–Kier alpha value is -3.87. The molecule has 1 aliphatic rings. The predicted octanol–water partition coefficient (Wildman–Crippen LogP) is 2.80. The predicted molar refractivity (Wildman–Crippen MR) is 112 cm³/mol. The van der Waals surface area contributed by atoms with Crippen molar-refractivity contribution >= 4 is 5.91 Å². The Morgan fingerprint density at radius 2 is 1.63 bits per heavy atom. The van der Waals surface area contributed by atoms with Crippen LogP contribution in [0.4, 0.5) is 0 Å². The topological polar surface area (TPSA) is 97.6 Å². The first-order valence-corrected chi connectivity index (χ1v) is 9.93. The molecule has 2 aromatic heterocycles. The van der Waals surface area contributed by atoms with Gasteiger partial charge in [-0.25, -0.2) is 0 Å². The van der Waals surface area contributed by atoms with Gasteiger partial charge < -0.3 is 4.90 Å². The van der Waals surface area contributed by atoms with E-state index in [0.717, 1.165) is 28.1 Å². The lowest BCUT2D eigenvalue weighted by molar-refractivity contribution is 0.0728. The normalized spacial score (nSPS) is 13.4. The van der Waals surface area contributed by atoms with Crippen LogP contribution in [0.1, 0.15) is 44.5 Å². The first kappa shape index (κ1) is 18.2. The van der Waals surface area contributed by atoms with Gasteiger partial charge >= 0.3 is 0 Å². The molecule has 0 bridgehead atoms. The fourth-order valence-corrected chi connectivity index (χ4v) is 4.15. The fraction of sp³-hybridized carbons (Fsp3) is 0.174. The molecule has 0 fully saturated rings. The maximum atomic E-state index is 12.9. The summed E-state index contributed by atoms with van der Waals surface area (Å²) in [5, 5.41) is 13.0. The zero-order valence-electron chi connectivity index (χ0n) is 16.3. The third kappa shape index (κ3) is 3.24. The number of hydrogen-bond acceptors (Lipinski definition) is 3. The van der Waals surface area contributed by atoms with E-state index >= 15 is 0 Å². The zero-order chi connectivity index (χ0) is 20.5. The van der Waals surface area contributed by atoms with Crippen LogP contribution in [0.2, 0.25) is 0 Å². The lowest BCUT2D eigenvalue weighted by Gasteiger charge is -2.28. The van der Waals surface area contributed by atoms with Gasteiger partial charge in [0.1, 0.15) is 5.69 Å². The van der Waals surface area contributed by atoms with Gasteiger partial charge in [-0.3, -0.25) is 24.9 Å². The van der Waals surface area contributed by atoms with Crippen LogP contribution in [0, 0.1) is 0 Å². The molecule has 1 aliphatic heterocycles. The summed E-state index contributed by atoms with van der Waals surface area (Å²) in [6.45, 7) is 1.02. The van der Waals surface area contributed by atoms with Gasteiger partial charge in [-0.1, -0.05) is 60.7 Å². The summed E-state index contributed by atoms with van der Waals surface area (Å²) < 4.78 is 0. The summed E-state index contributed by atoms with van der Waals surface area (Å²) in [6, 6.07) is 21.8. The van der Waals surface area contributed by atoms with Crippen molar-refractivity contribution in [3.8, 4) is 0 Å². The Morgan fingerprint density at radius 3 is 2.23 bits per heavy atom. The summed E-state index contributed by atoms with van der Waals surface area (Å²) in [6.07, 6.45) is 0.693. The Balaban J connectivity index is 1.54. The zero-order valence-corrected chi connectivity index (χ0v) is 16.3. The quantitative estimate of drug-likeness (QED) is 0.492. The second-order valence-corrected chi connectivity index (χ2v) is 7.47. The number of nitrogens with one attached hydrogen (secondary N) is 3. The highest BCUT2D eigenvalue weighted by atomic mass is 16.2. The summed E-state index contributed by atoms with van der Waals surface area (Å²) in [5.74, 6) is -0.225. The first-order chi connectivity index (χ1) is 14.7. The summed E-state index contributed by atoms with van der Waals surface area (Å²) in [7, 11) is 0. The van der Waals surface area contributed by atoms with E-state index in [1.807, 2.05) is 36.4 Å². The number of rotatable bonds is 4. The largest absolute Gasteiger partial charge is 0.332 e. The molecule has 4 aromatic rings. The van der Waals surface area contributed by atoms with Gasteiger partial charge in [-0.2, -0.15) is 5.10 Å². The molecule has 30 heavy (non-hydrogen) atoms. The van der Waals surface area contributed by atoms with E-state index < -0.39 is 0 Å². The van der Waals surface area contributed by atoms with Gasteiger partial charge in [0.15, 0.2) is 0 Å². The number of carbonyl (C=O) groups is 1. The Morgan fingerprint density at radius 1 is 0.967 bits per heavy atom. The van der Waals surface area contributed by atoms with Gasteiger partial charge in [0.2, 0.25) is 0 Å². The van der Waals surface area contributed by atoms with E-state index in [-0.39, 0.29) is 23.1 Å². The molecule has 7 nitrogen and oxygen atoms in total. The minimum Gasteiger partial charge on any atom is -0.332 e. The fourth-order valence-electron chi connectivity index (χ4n) is 4.15. The average molecular weight is 399 g/mol. The first-order valence-electron chi connectivity index (χ1n) is 9.93. The maximum Gasteiger partial charge on any atom is 0.272 e. The lowest BCUT2D eigenvalue weighted by Crippen LogP contribution is -2.36. The molecule has 0 saturated heterocycles. The van der Waals surface area contributed by atoms with Gasteiger partial charge in [0, 0.05) is 36.8 Å². The number of benzene rings is 2. The van der Waals surface area contributed by atoms with Crippen LogP contribution in [0.3, 0.4) is 0 Å². The molecule has 0 spiro atoms. The summed E-state index contributed by atoms with van der Waals surface area (Å²) >= 11 is 0. The van der Waals surface area contributed by atoms with Crippen molar-refractivity contribution in [2.24, 2.45) is 0 Å². The van der Waals surface area contributed by atoms with Crippen molar-refractivity contribution < 1.29 is 4.79 Å². The number of carbonyl (C=O) groups excluding carboxylic acids is 1. The second kappa shape index (κ2) is 7.51. The molecule has 3 N–H and O–H groups in total. The molecule has 0 radical (unpaired) electrons. The van der Waals surface area contributed by atoms with Gasteiger partial charge in [0.05, 0.1) is 11.6 Å². The maximum absolute atomic E-state index is 12.9. The van der Waals surface area contributed by atoms with Crippen LogP contribution in [0.25, 0.3) is 0 Å². The highest BCUT2D eigenvalue weighted by Gasteiger charge is 2.30. The van der Waals surface area contributed by atoms with Crippen LogP contribution in [-0.2, 0) is 13.0 Å². The molecule has 7 heteroatoms. The number of amides is 1. The number of H-pyrrole nitrogens is 3. The van der Waals surface area contributed by atoms with E-state index in [1.165, 1.54) is 6.07 Å². The third-order valence-corrected chi connectivity index (χ3v) is 5.62. The van der Waals surface area contributed by atoms with Crippen molar-refractivity contribution in [3.63, 3.8) is 0 Å². The van der Waals surface area contributed by atoms with Crippen molar-refractivity contribution in [3.05, 3.63) is 111 Å².